The van der Waals surface area contributed by atoms with E-state index in [4.69, 9.17) is 5.73 Å². The van der Waals surface area contributed by atoms with Crippen molar-refractivity contribution in [1.29, 1.82) is 0 Å². The summed E-state index contributed by atoms with van der Waals surface area (Å²) in [5.41, 5.74) is 8.03. The van der Waals surface area contributed by atoms with Gasteiger partial charge in [-0.1, -0.05) is 74.6 Å². The zero-order chi connectivity index (χ0) is 28.4. The first-order valence-electron chi connectivity index (χ1n) is 15.5. The van der Waals surface area contributed by atoms with Gasteiger partial charge in [0.25, 0.3) is 0 Å². The minimum atomic E-state index is -0.722. The van der Waals surface area contributed by atoms with Crippen molar-refractivity contribution in [2.75, 3.05) is 12.3 Å². The maximum absolute atomic E-state index is 14.4. The molecule has 0 radical (unpaired) electrons. The lowest BCUT2D eigenvalue weighted by Crippen LogP contribution is -2.59. The molecular weight excluding hydrogens is 510 g/mol. The van der Waals surface area contributed by atoms with E-state index in [0.717, 1.165) is 36.9 Å². The van der Waals surface area contributed by atoms with Gasteiger partial charge in [-0.25, -0.2) is 4.98 Å². The summed E-state index contributed by atoms with van der Waals surface area (Å²) >= 11 is 0. The summed E-state index contributed by atoms with van der Waals surface area (Å²) in [5.74, 6) is 1.33. The molecule has 1 aliphatic heterocycles. The number of pyridine rings is 1. The molecule has 3 aliphatic rings. The molecule has 0 spiro atoms. The standard InChI is InChI=1S/C34H43N5O2/c1-23-28(15-16-31(35)38-23)22-37-33(41)34-20-29(34)12-7-17-39(34)32(40)30(19-24-8-3-2-4-9-24)36-21-25-13-14-26-10-5-6-11-27(26)18-25/h5-6,10-11,13-16,18,24,29-30,36H,2-4,7-9,12,17,19-22H2,1H3,(H2,35,38)(H,37,41)/t29-,30-,34+/m1/s1. The zero-order valence-electron chi connectivity index (χ0n) is 24.2. The first-order chi connectivity index (χ1) is 19.9. The maximum Gasteiger partial charge on any atom is 0.246 e. The quantitative estimate of drug-likeness (QED) is 0.336. The summed E-state index contributed by atoms with van der Waals surface area (Å²) in [6, 6.07) is 18.3. The second-order valence-corrected chi connectivity index (χ2v) is 12.5. The number of nitrogens with one attached hydrogen (secondary N) is 2. The van der Waals surface area contributed by atoms with Crippen LogP contribution < -0.4 is 16.4 Å². The molecule has 1 saturated heterocycles. The van der Waals surface area contributed by atoms with E-state index < -0.39 is 5.54 Å². The number of amides is 2. The lowest BCUT2D eigenvalue weighted by molar-refractivity contribution is -0.146. The fraction of sp³-hybridized carbons (Fsp3) is 0.500. The SMILES string of the molecule is Cc1nc(N)ccc1CNC(=O)[C@]12C[C@H]1CCCN2C(=O)[C@@H](CC1CCCCC1)NCc1ccc2ccccc2c1. The molecule has 2 saturated carbocycles. The molecule has 4 N–H and O–H groups in total. The van der Waals surface area contributed by atoms with Crippen molar-refractivity contribution in [2.24, 2.45) is 11.8 Å². The van der Waals surface area contributed by atoms with E-state index in [2.05, 4.69) is 58.1 Å². The summed E-state index contributed by atoms with van der Waals surface area (Å²) in [6.07, 6.45) is 9.69. The number of nitrogen functional groups attached to an aromatic ring is 1. The van der Waals surface area contributed by atoms with Gasteiger partial charge in [0.2, 0.25) is 11.8 Å². The van der Waals surface area contributed by atoms with Crippen LogP contribution in [0.25, 0.3) is 10.8 Å². The zero-order valence-corrected chi connectivity index (χ0v) is 24.2. The van der Waals surface area contributed by atoms with Crippen LogP contribution in [0.4, 0.5) is 5.82 Å². The fourth-order valence-corrected chi connectivity index (χ4v) is 7.32. The molecule has 2 amide bonds. The smallest absolute Gasteiger partial charge is 0.246 e. The number of aromatic nitrogens is 1. The average Bonchev–Trinajstić information content (AvgIpc) is 3.75. The molecular formula is C34H43N5O2. The minimum Gasteiger partial charge on any atom is -0.384 e. The molecule has 7 nitrogen and oxygen atoms in total. The highest BCUT2D eigenvalue weighted by atomic mass is 16.2. The van der Waals surface area contributed by atoms with E-state index in [1.165, 1.54) is 48.4 Å². The van der Waals surface area contributed by atoms with Crippen molar-refractivity contribution >= 4 is 28.4 Å². The second-order valence-electron chi connectivity index (χ2n) is 12.5. The molecule has 41 heavy (non-hydrogen) atoms. The third-order valence-corrected chi connectivity index (χ3v) is 9.76. The van der Waals surface area contributed by atoms with Crippen molar-refractivity contribution in [2.45, 2.75) is 89.4 Å². The fourth-order valence-electron chi connectivity index (χ4n) is 7.32. The Morgan fingerprint density at radius 2 is 1.80 bits per heavy atom. The second kappa shape index (κ2) is 11.8. The number of likely N-dealkylation sites (tertiary alicyclic amines) is 1. The Kier molecular flexibility index (Phi) is 7.98. The normalized spacial score (nSPS) is 23.1. The van der Waals surface area contributed by atoms with Crippen LogP contribution in [-0.4, -0.2) is 39.8 Å². The van der Waals surface area contributed by atoms with Gasteiger partial charge in [-0.05, 0) is 78.5 Å². The lowest BCUT2D eigenvalue weighted by atomic mass is 9.84. The van der Waals surface area contributed by atoms with Gasteiger partial charge in [-0.2, -0.15) is 0 Å². The molecule has 0 unspecified atom stereocenters. The third kappa shape index (κ3) is 5.82. The average molecular weight is 554 g/mol. The van der Waals surface area contributed by atoms with Crippen LogP contribution in [0.2, 0.25) is 0 Å². The Hall–Kier alpha value is -3.45. The highest BCUT2D eigenvalue weighted by molar-refractivity contribution is 5.96. The van der Waals surface area contributed by atoms with Gasteiger partial charge in [0.15, 0.2) is 0 Å². The highest BCUT2D eigenvalue weighted by Gasteiger charge is 2.66. The molecule has 2 aliphatic carbocycles. The topological polar surface area (TPSA) is 100 Å². The van der Waals surface area contributed by atoms with Crippen molar-refractivity contribution in [3.05, 3.63) is 71.4 Å². The number of hydrogen-bond donors (Lipinski definition) is 3. The summed E-state index contributed by atoms with van der Waals surface area (Å²) in [6.45, 7) is 3.57. The van der Waals surface area contributed by atoms with Gasteiger partial charge in [-0.15, -0.1) is 0 Å². The minimum absolute atomic E-state index is 0.0299. The van der Waals surface area contributed by atoms with E-state index in [1.807, 2.05) is 17.9 Å². The number of carbonyl (C=O) groups is 2. The molecule has 216 valence electrons. The molecule has 7 heteroatoms. The number of fused-ring (bicyclic) bond motifs is 2. The summed E-state index contributed by atoms with van der Waals surface area (Å²) in [5, 5.41) is 9.25. The van der Waals surface area contributed by atoms with Crippen molar-refractivity contribution in [3.63, 3.8) is 0 Å². The highest BCUT2D eigenvalue weighted by Crippen LogP contribution is 2.54. The number of aryl methyl sites for hydroxylation is 1. The van der Waals surface area contributed by atoms with Gasteiger partial charge in [0, 0.05) is 25.3 Å². The molecule has 3 fully saturated rings. The van der Waals surface area contributed by atoms with Crippen LogP contribution in [0.1, 0.15) is 74.6 Å². The molecule has 3 aromatic rings. The van der Waals surface area contributed by atoms with Crippen LogP contribution in [0.3, 0.4) is 0 Å². The number of hydrogen-bond acceptors (Lipinski definition) is 5. The van der Waals surface area contributed by atoms with E-state index in [9.17, 15) is 9.59 Å². The first kappa shape index (κ1) is 27.7. The molecule has 3 atom stereocenters. The van der Waals surface area contributed by atoms with Crippen molar-refractivity contribution < 1.29 is 9.59 Å². The predicted molar refractivity (Wildman–Crippen MR) is 163 cm³/mol. The number of nitrogens with two attached hydrogens (primary N) is 1. The Morgan fingerprint density at radius 1 is 1.00 bits per heavy atom. The Labute approximate surface area is 243 Å². The summed E-state index contributed by atoms with van der Waals surface area (Å²) in [4.78, 5) is 34.4. The Balaban J connectivity index is 1.19. The van der Waals surface area contributed by atoms with Crippen LogP contribution in [-0.2, 0) is 22.7 Å². The molecule has 6 rings (SSSR count). The monoisotopic (exact) mass is 553 g/mol. The van der Waals surface area contributed by atoms with E-state index in [0.29, 0.717) is 31.4 Å². The number of carbonyl (C=O) groups excluding carboxylic acids is 2. The number of benzene rings is 2. The summed E-state index contributed by atoms with van der Waals surface area (Å²) in [7, 11) is 0. The van der Waals surface area contributed by atoms with Gasteiger partial charge in [0.05, 0.1) is 6.04 Å². The van der Waals surface area contributed by atoms with Gasteiger partial charge < -0.3 is 21.3 Å². The molecule has 2 heterocycles. The number of piperidine rings is 1. The number of rotatable bonds is 9. The Morgan fingerprint density at radius 3 is 2.61 bits per heavy atom. The van der Waals surface area contributed by atoms with Gasteiger partial charge in [0.1, 0.15) is 11.4 Å². The maximum atomic E-state index is 14.4. The van der Waals surface area contributed by atoms with Crippen LogP contribution in [0.5, 0.6) is 0 Å². The van der Waals surface area contributed by atoms with E-state index in [-0.39, 0.29) is 23.8 Å². The largest absolute Gasteiger partial charge is 0.384 e. The first-order valence-corrected chi connectivity index (χ1v) is 15.5. The molecule has 2 aromatic carbocycles. The van der Waals surface area contributed by atoms with E-state index >= 15 is 0 Å². The van der Waals surface area contributed by atoms with Gasteiger partial charge >= 0.3 is 0 Å². The van der Waals surface area contributed by atoms with E-state index in [1.54, 1.807) is 6.07 Å². The van der Waals surface area contributed by atoms with Crippen LogP contribution in [0, 0.1) is 18.8 Å². The number of anilines is 1. The Bertz CT molecular complexity index is 1420. The van der Waals surface area contributed by atoms with Crippen LogP contribution >= 0.6 is 0 Å². The van der Waals surface area contributed by atoms with Crippen molar-refractivity contribution in [1.82, 2.24) is 20.5 Å². The lowest BCUT2D eigenvalue weighted by Gasteiger charge is -2.39. The third-order valence-electron chi connectivity index (χ3n) is 9.76. The molecule has 0 bridgehead atoms. The van der Waals surface area contributed by atoms with Gasteiger partial charge in [-0.3, -0.25) is 9.59 Å². The predicted octanol–water partition coefficient (Wildman–Crippen LogP) is 5.25. The molecule has 1 aromatic heterocycles. The number of nitrogens with zero attached hydrogens (tertiary/aromatic N) is 2. The van der Waals surface area contributed by atoms with Crippen molar-refractivity contribution in [3.8, 4) is 0 Å². The van der Waals surface area contributed by atoms with Crippen LogP contribution in [0.15, 0.2) is 54.6 Å². The summed E-state index contributed by atoms with van der Waals surface area (Å²) < 4.78 is 0.